The third-order valence-electron chi connectivity index (χ3n) is 4.06. The van der Waals surface area contributed by atoms with Crippen LogP contribution in [0.4, 0.5) is 0 Å². The van der Waals surface area contributed by atoms with Crippen molar-refractivity contribution < 1.29 is 14.5 Å². The lowest BCUT2D eigenvalue weighted by atomic mass is 9.75. The molecule has 1 spiro atoms. The van der Waals surface area contributed by atoms with Crippen LogP contribution in [0.5, 0.6) is 0 Å². The Bertz CT molecular complexity index is 232. The summed E-state index contributed by atoms with van der Waals surface area (Å²) < 4.78 is 5.52. The summed E-state index contributed by atoms with van der Waals surface area (Å²) in [6.45, 7) is 3.09. The Morgan fingerprint density at radius 1 is 1.14 bits per heavy atom. The fourth-order valence-corrected chi connectivity index (χ4v) is 3.22. The van der Waals surface area contributed by atoms with E-state index in [-0.39, 0.29) is 17.3 Å². The van der Waals surface area contributed by atoms with Crippen molar-refractivity contribution in [2.24, 2.45) is 5.41 Å². The van der Waals surface area contributed by atoms with Crippen molar-refractivity contribution in [1.29, 1.82) is 0 Å². The van der Waals surface area contributed by atoms with Gasteiger partial charge in [0.05, 0.1) is 6.61 Å². The van der Waals surface area contributed by atoms with E-state index in [9.17, 15) is 0 Å². The Kier molecular flexibility index (Phi) is 1.92. The van der Waals surface area contributed by atoms with Crippen LogP contribution in [0.25, 0.3) is 0 Å². The van der Waals surface area contributed by atoms with Gasteiger partial charge in [0.25, 0.3) is 0 Å². The monoisotopic (exact) mass is 198 g/mol. The van der Waals surface area contributed by atoms with E-state index < -0.39 is 0 Å². The van der Waals surface area contributed by atoms with Crippen molar-refractivity contribution in [3.8, 4) is 0 Å². The van der Waals surface area contributed by atoms with Crippen molar-refractivity contribution >= 4 is 0 Å². The number of hydrogen-bond acceptors (Lipinski definition) is 3. The van der Waals surface area contributed by atoms with Gasteiger partial charge in [0.15, 0.2) is 6.29 Å². The van der Waals surface area contributed by atoms with Gasteiger partial charge in [-0.2, -0.15) is 0 Å². The lowest BCUT2D eigenvalue weighted by molar-refractivity contribution is -0.463. The summed E-state index contributed by atoms with van der Waals surface area (Å²) in [5.74, 6) is 0. The van der Waals surface area contributed by atoms with Crippen LogP contribution in [0.1, 0.15) is 45.4 Å². The van der Waals surface area contributed by atoms with E-state index in [4.69, 9.17) is 14.5 Å². The molecule has 3 aliphatic rings. The molecule has 0 aromatic heterocycles. The molecule has 2 unspecified atom stereocenters. The normalized spacial score (nSPS) is 45.6. The topological polar surface area (TPSA) is 27.7 Å². The second-order valence-corrected chi connectivity index (χ2v) is 5.35. The van der Waals surface area contributed by atoms with E-state index in [1.807, 2.05) is 0 Å². The Labute approximate surface area is 84.6 Å². The van der Waals surface area contributed by atoms with Gasteiger partial charge in [-0.3, -0.25) is 0 Å². The Balaban J connectivity index is 1.81. The van der Waals surface area contributed by atoms with Crippen LogP contribution < -0.4 is 0 Å². The quantitative estimate of drug-likeness (QED) is 0.559. The van der Waals surface area contributed by atoms with Crippen LogP contribution in [0.15, 0.2) is 0 Å². The first kappa shape index (κ1) is 9.13. The highest BCUT2D eigenvalue weighted by atomic mass is 17.2. The van der Waals surface area contributed by atoms with E-state index in [0.717, 1.165) is 32.3 Å². The number of fused-ring (bicyclic) bond motifs is 1. The highest BCUT2D eigenvalue weighted by Gasteiger charge is 2.54. The van der Waals surface area contributed by atoms with Gasteiger partial charge >= 0.3 is 0 Å². The summed E-state index contributed by atoms with van der Waals surface area (Å²) in [6, 6.07) is 0. The Morgan fingerprint density at radius 3 is 2.71 bits per heavy atom. The third-order valence-corrected chi connectivity index (χ3v) is 4.06. The summed E-state index contributed by atoms with van der Waals surface area (Å²) in [5, 5.41) is 0. The third kappa shape index (κ3) is 1.23. The van der Waals surface area contributed by atoms with Crippen molar-refractivity contribution in [3.05, 3.63) is 0 Å². The molecule has 1 aliphatic carbocycles. The van der Waals surface area contributed by atoms with Gasteiger partial charge in [-0.1, -0.05) is 19.8 Å². The predicted octanol–water partition coefficient (Wildman–Crippen LogP) is 2.40. The van der Waals surface area contributed by atoms with Crippen LogP contribution >= 0.6 is 0 Å². The first-order valence-electron chi connectivity index (χ1n) is 5.69. The average Bonchev–Trinajstić information content (AvgIpc) is 2.72. The van der Waals surface area contributed by atoms with Gasteiger partial charge < -0.3 is 4.74 Å². The molecule has 3 fully saturated rings. The minimum atomic E-state index is -0.117. The van der Waals surface area contributed by atoms with Gasteiger partial charge in [-0.05, 0) is 25.7 Å². The van der Waals surface area contributed by atoms with E-state index in [0.29, 0.717) is 0 Å². The maximum Gasteiger partial charge on any atom is 0.196 e. The summed E-state index contributed by atoms with van der Waals surface area (Å²) >= 11 is 0. The molecular weight excluding hydrogens is 180 g/mol. The molecule has 0 aromatic carbocycles. The number of rotatable bonds is 0. The lowest BCUT2D eigenvalue weighted by Gasteiger charge is -2.43. The zero-order valence-corrected chi connectivity index (χ0v) is 8.75. The Morgan fingerprint density at radius 2 is 1.93 bits per heavy atom. The summed E-state index contributed by atoms with van der Waals surface area (Å²) in [6.07, 6.45) is 7.00. The molecule has 0 aromatic rings. The van der Waals surface area contributed by atoms with Crippen molar-refractivity contribution in [2.45, 2.75) is 57.3 Å². The van der Waals surface area contributed by atoms with Gasteiger partial charge in [0.2, 0.25) is 0 Å². The van der Waals surface area contributed by atoms with E-state index in [1.165, 1.54) is 12.8 Å². The van der Waals surface area contributed by atoms with Crippen LogP contribution in [-0.2, 0) is 14.5 Å². The second-order valence-electron chi connectivity index (χ2n) is 5.35. The molecule has 3 heteroatoms. The first-order chi connectivity index (χ1) is 6.73. The SMILES string of the molecule is CC12CCOC1OOC1(CCCC1)C2. The second kappa shape index (κ2) is 2.94. The molecule has 0 bridgehead atoms. The standard InChI is InChI=1S/C11H18O3/c1-10-6-7-12-9(10)13-14-11(8-10)4-2-3-5-11/h9H,2-8H2,1H3. The highest BCUT2D eigenvalue weighted by molar-refractivity contribution is 4.97. The lowest BCUT2D eigenvalue weighted by Crippen LogP contribution is -2.47. The summed E-state index contributed by atoms with van der Waals surface area (Å²) in [7, 11) is 0. The molecule has 0 radical (unpaired) electrons. The molecule has 0 amide bonds. The van der Waals surface area contributed by atoms with Gasteiger partial charge in [0, 0.05) is 5.41 Å². The zero-order valence-electron chi connectivity index (χ0n) is 8.75. The number of hydrogen-bond donors (Lipinski definition) is 0. The molecule has 2 saturated heterocycles. The number of ether oxygens (including phenoxy) is 1. The minimum Gasteiger partial charge on any atom is -0.349 e. The zero-order chi connectivity index (χ0) is 9.65. The molecule has 0 N–H and O–H groups in total. The maximum atomic E-state index is 5.58. The largest absolute Gasteiger partial charge is 0.349 e. The maximum absolute atomic E-state index is 5.58. The first-order valence-corrected chi connectivity index (χ1v) is 5.69. The molecule has 2 heterocycles. The minimum absolute atomic E-state index is 0.0267. The van der Waals surface area contributed by atoms with E-state index in [1.54, 1.807) is 0 Å². The summed E-state index contributed by atoms with van der Waals surface area (Å²) in [5.41, 5.74) is 0.224. The van der Waals surface area contributed by atoms with Crippen LogP contribution in [0, 0.1) is 5.41 Å². The van der Waals surface area contributed by atoms with E-state index >= 15 is 0 Å². The fourth-order valence-electron chi connectivity index (χ4n) is 3.22. The van der Waals surface area contributed by atoms with Crippen molar-refractivity contribution in [2.75, 3.05) is 6.61 Å². The molecule has 2 atom stereocenters. The van der Waals surface area contributed by atoms with Crippen LogP contribution in [0.2, 0.25) is 0 Å². The van der Waals surface area contributed by atoms with Gasteiger partial charge in [-0.25, -0.2) is 9.78 Å². The van der Waals surface area contributed by atoms with Gasteiger partial charge in [-0.15, -0.1) is 0 Å². The van der Waals surface area contributed by atoms with Crippen LogP contribution in [-0.4, -0.2) is 18.5 Å². The van der Waals surface area contributed by atoms with Crippen molar-refractivity contribution in [3.63, 3.8) is 0 Å². The van der Waals surface area contributed by atoms with Gasteiger partial charge in [0.1, 0.15) is 5.60 Å². The molecule has 14 heavy (non-hydrogen) atoms. The summed E-state index contributed by atoms with van der Waals surface area (Å²) in [4.78, 5) is 11.0. The highest BCUT2D eigenvalue weighted by Crippen LogP contribution is 2.52. The van der Waals surface area contributed by atoms with E-state index in [2.05, 4.69) is 6.92 Å². The van der Waals surface area contributed by atoms with Crippen LogP contribution in [0.3, 0.4) is 0 Å². The van der Waals surface area contributed by atoms with Crippen molar-refractivity contribution in [1.82, 2.24) is 0 Å². The Hall–Kier alpha value is -0.120. The molecule has 3 nitrogen and oxygen atoms in total. The average molecular weight is 198 g/mol. The smallest absolute Gasteiger partial charge is 0.196 e. The molecular formula is C11H18O3. The molecule has 3 rings (SSSR count). The predicted molar refractivity (Wildman–Crippen MR) is 50.5 cm³/mol. The fraction of sp³-hybridized carbons (Fsp3) is 1.00. The molecule has 1 saturated carbocycles. The molecule has 80 valence electrons. The molecule has 2 aliphatic heterocycles.